The van der Waals surface area contributed by atoms with Gasteiger partial charge in [0.2, 0.25) is 0 Å². The highest BCUT2D eigenvalue weighted by Gasteiger charge is 2.15. The molecule has 29 heavy (non-hydrogen) atoms. The van der Waals surface area contributed by atoms with Crippen LogP contribution >= 0.6 is 0 Å². The summed E-state index contributed by atoms with van der Waals surface area (Å²) in [6, 6.07) is 22.5. The summed E-state index contributed by atoms with van der Waals surface area (Å²) in [6.45, 7) is 4.56. The summed E-state index contributed by atoms with van der Waals surface area (Å²) in [5.74, 6) is 0.593. The minimum Gasteiger partial charge on any atom is -0.481 e. The molecule has 0 radical (unpaired) electrons. The van der Waals surface area contributed by atoms with Crippen LogP contribution in [0.5, 0.6) is 5.75 Å². The van der Waals surface area contributed by atoms with Crippen molar-refractivity contribution in [3.05, 3.63) is 72.3 Å². The third-order valence-corrected chi connectivity index (χ3v) is 5.53. The van der Waals surface area contributed by atoms with Crippen molar-refractivity contribution in [2.45, 2.75) is 38.8 Å². The van der Waals surface area contributed by atoms with E-state index in [4.69, 9.17) is 4.74 Å². The van der Waals surface area contributed by atoms with Gasteiger partial charge in [-0.3, -0.25) is 4.79 Å². The first-order chi connectivity index (χ1) is 14.2. The van der Waals surface area contributed by atoms with E-state index in [1.807, 2.05) is 36.4 Å². The lowest BCUT2D eigenvalue weighted by Gasteiger charge is -2.28. The molecule has 1 N–H and O–H groups in total. The Kier molecular flexibility index (Phi) is 5.99. The van der Waals surface area contributed by atoms with Gasteiger partial charge in [0.05, 0.1) is 0 Å². The van der Waals surface area contributed by atoms with Crippen LogP contribution in [0, 0.1) is 0 Å². The first-order valence-electron chi connectivity index (χ1n) is 10.5. The van der Waals surface area contributed by atoms with E-state index >= 15 is 0 Å². The smallest absolute Gasteiger partial charge is 0.261 e. The molecule has 3 aromatic rings. The van der Waals surface area contributed by atoms with E-state index in [-0.39, 0.29) is 5.91 Å². The van der Waals surface area contributed by atoms with Crippen LogP contribution in [0.25, 0.3) is 10.8 Å². The first kappa shape index (κ1) is 19.3. The van der Waals surface area contributed by atoms with Gasteiger partial charge in [0.1, 0.15) is 5.75 Å². The lowest BCUT2D eigenvalue weighted by atomic mass is 10.1. The van der Waals surface area contributed by atoms with Gasteiger partial charge in [-0.05, 0) is 66.8 Å². The number of amides is 1. The van der Waals surface area contributed by atoms with E-state index in [0.29, 0.717) is 12.3 Å². The summed E-state index contributed by atoms with van der Waals surface area (Å²) in [5, 5.41) is 5.24. The van der Waals surface area contributed by atoms with Crippen molar-refractivity contribution in [3.8, 4) is 5.75 Å². The average molecular weight is 389 g/mol. The van der Waals surface area contributed by atoms with Gasteiger partial charge in [0.25, 0.3) is 5.91 Å². The number of fused-ring (bicyclic) bond motifs is 1. The maximum atomic E-state index is 12.5. The summed E-state index contributed by atoms with van der Waals surface area (Å²) < 4.78 is 5.85. The van der Waals surface area contributed by atoms with E-state index in [9.17, 15) is 4.79 Å². The predicted octanol–water partition coefficient (Wildman–Crippen LogP) is 4.91. The lowest BCUT2D eigenvalue weighted by molar-refractivity contribution is -0.127. The van der Waals surface area contributed by atoms with Gasteiger partial charge in [-0.1, -0.05) is 42.5 Å². The number of hydrogen-bond acceptors (Lipinski definition) is 3. The van der Waals surface area contributed by atoms with Crippen LogP contribution in [-0.2, 0) is 11.3 Å². The van der Waals surface area contributed by atoms with Crippen LogP contribution in [-0.4, -0.2) is 25.1 Å². The predicted molar refractivity (Wildman–Crippen MR) is 118 cm³/mol. The molecule has 0 saturated carbocycles. The molecule has 4 heteroatoms. The molecule has 0 aliphatic carbocycles. The fourth-order valence-electron chi connectivity index (χ4n) is 3.81. The van der Waals surface area contributed by atoms with Crippen LogP contribution in [0.2, 0.25) is 0 Å². The van der Waals surface area contributed by atoms with E-state index in [2.05, 4.69) is 40.5 Å². The number of hydrogen-bond donors (Lipinski definition) is 1. The second kappa shape index (κ2) is 8.99. The molecule has 3 aromatic carbocycles. The normalized spacial score (nSPS) is 15.1. The lowest BCUT2D eigenvalue weighted by Crippen LogP contribution is -2.35. The van der Waals surface area contributed by atoms with Gasteiger partial charge < -0.3 is 15.0 Å². The summed E-state index contributed by atoms with van der Waals surface area (Å²) in [5.41, 5.74) is 2.37. The van der Waals surface area contributed by atoms with Crippen molar-refractivity contribution >= 4 is 22.4 Å². The van der Waals surface area contributed by atoms with Crippen molar-refractivity contribution in [2.75, 3.05) is 18.0 Å². The quantitative estimate of drug-likeness (QED) is 0.652. The number of carbonyl (C=O) groups is 1. The zero-order valence-corrected chi connectivity index (χ0v) is 16.9. The van der Waals surface area contributed by atoms with Crippen molar-refractivity contribution in [3.63, 3.8) is 0 Å². The molecular weight excluding hydrogens is 360 g/mol. The molecule has 1 saturated heterocycles. The second-order valence-electron chi connectivity index (χ2n) is 7.70. The molecule has 4 nitrogen and oxygen atoms in total. The SMILES string of the molecule is CC(Oc1ccc2ccccc2c1)C(=O)NCc1ccc(N2CCCCC2)cc1. The molecule has 1 unspecified atom stereocenters. The monoisotopic (exact) mass is 388 g/mol. The molecule has 0 aromatic heterocycles. The van der Waals surface area contributed by atoms with E-state index in [0.717, 1.165) is 29.4 Å². The number of ether oxygens (including phenoxy) is 1. The van der Waals surface area contributed by atoms with Crippen LogP contribution < -0.4 is 15.0 Å². The number of piperidine rings is 1. The molecule has 1 aliphatic rings. The molecule has 1 atom stereocenters. The van der Waals surface area contributed by atoms with E-state index in [1.165, 1.54) is 24.9 Å². The third kappa shape index (κ3) is 4.89. The van der Waals surface area contributed by atoms with Gasteiger partial charge in [-0.15, -0.1) is 0 Å². The fourth-order valence-corrected chi connectivity index (χ4v) is 3.81. The molecule has 4 rings (SSSR count). The highest BCUT2D eigenvalue weighted by atomic mass is 16.5. The molecule has 1 amide bonds. The molecule has 0 bridgehead atoms. The molecule has 1 heterocycles. The second-order valence-corrected chi connectivity index (χ2v) is 7.70. The summed E-state index contributed by atoms with van der Waals surface area (Å²) in [6.07, 6.45) is 3.32. The topological polar surface area (TPSA) is 41.6 Å². The third-order valence-electron chi connectivity index (χ3n) is 5.53. The minimum atomic E-state index is -0.552. The van der Waals surface area contributed by atoms with Crippen LogP contribution in [0.1, 0.15) is 31.7 Å². The summed E-state index contributed by atoms with van der Waals surface area (Å²) in [7, 11) is 0. The van der Waals surface area contributed by atoms with Gasteiger partial charge in [-0.2, -0.15) is 0 Å². The van der Waals surface area contributed by atoms with Crippen LogP contribution in [0.3, 0.4) is 0 Å². The fraction of sp³-hybridized carbons (Fsp3) is 0.320. The molecule has 0 spiro atoms. The Morgan fingerprint density at radius 1 is 0.966 bits per heavy atom. The first-order valence-corrected chi connectivity index (χ1v) is 10.5. The largest absolute Gasteiger partial charge is 0.481 e. The van der Waals surface area contributed by atoms with Gasteiger partial charge in [0.15, 0.2) is 6.10 Å². The van der Waals surface area contributed by atoms with Crippen molar-refractivity contribution in [1.82, 2.24) is 5.32 Å². The zero-order valence-electron chi connectivity index (χ0n) is 16.9. The minimum absolute atomic E-state index is 0.113. The molecule has 1 fully saturated rings. The summed E-state index contributed by atoms with van der Waals surface area (Å²) >= 11 is 0. The van der Waals surface area contributed by atoms with Crippen LogP contribution in [0.15, 0.2) is 66.7 Å². The number of carbonyl (C=O) groups excluding carboxylic acids is 1. The maximum Gasteiger partial charge on any atom is 0.261 e. The van der Waals surface area contributed by atoms with Crippen LogP contribution in [0.4, 0.5) is 5.69 Å². The highest BCUT2D eigenvalue weighted by Crippen LogP contribution is 2.22. The Balaban J connectivity index is 1.30. The number of benzene rings is 3. The Labute approximate surface area is 172 Å². The average Bonchev–Trinajstić information content (AvgIpc) is 2.78. The van der Waals surface area contributed by atoms with Crippen molar-refractivity contribution in [1.29, 1.82) is 0 Å². The number of anilines is 1. The maximum absolute atomic E-state index is 12.5. The molecule has 1 aliphatic heterocycles. The summed E-state index contributed by atoms with van der Waals surface area (Å²) in [4.78, 5) is 14.9. The van der Waals surface area contributed by atoms with Gasteiger partial charge in [-0.25, -0.2) is 0 Å². The zero-order chi connectivity index (χ0) is 20.1. The number of rotatable bonds is 6. The Morgan fingerprint density at radius 3 is 2.45 bits per heavy atom. The Morgan fingerprint density at radius 2 is 1.69 bits per heavy atom. The molecule has 150 valence electrons. The van der Waals surface area contributed by atoms with Crippen molar-refractivity contribution in [2.24, 2.45) is 0 Å². The Bertz CT molecular complexity index is 962. The highest BCUT2D eigenvalue weighted by molar-refractivity contribution is 5.84. The van der Waals surface area contributed by atoms with Gasteiger partial charge >= 0.3 is 0 Å². The van der Waals surface area contributed by atoms with Crippen molar-refractivity contribution < 1.29 is 9.53 Å². The standard InChI is InChI=1S/C25H28N2O2/c1-19(29-24-14-11-21-7-3-4-8-22(21)17-24)25(28)26-18-20-9-12-23(13-10-20)27-15-5-2-6-16-27/h3-4,7-14,17,19H,2,5-6,15-16,18H2,1H3,(H,26,28). The number of nitrogens with zero attached hydrogens (tertiary/aromatic N) is 1. The van der Waals surface area contributed by atoms with Gasteiger partial charge in [0, 0.05) is 25.3 Å². The Hall–Kier alpha value is -3.01. The number of nitrogens with one attached hydrogen (secondary N) is 1. The molecular formula is C25H28N2O2. The van der Waals surface area contributed by atoms with E-state index in [1.54, 1.807) is 6.92 Å². The van der Waals surface area contributed by atoms with E-state index < -0.39 is 6.10 Å².